The molecule has 0 spiro atoms. The molecule has 0 amide bonds. The van der Waals surface area contributed by atoms with Crippen molar-refractivity contribution in [3.63, 3.8) is 0 Å². The van der Waals surface area contributed by atoms with Gasteiger partial charge in [-0.3, -0.25) is 0 Å². The minimum absolute atomic E-state index is 0.0757. The molecule has 0 saturated carbocycles. The summed E-state index contributed by atoms with van der Waals surface area (Å²) in [5, 5.41) is 11.4. The Morgan fingerprint density at radius 1 is 1.03 bits per heavy atom. The lowest BCUT2D eigenvalue weighted by atomic mass is 10.1. The summed E-state index contributed by atoms with van der Waals surface area (Å²) in [6.07, 6.45) is 5.49. The molecule has 30 heavy (non-hydrogen) atoms. The van der Waals surface area contributed by atoms with Gasteiger partial charge in [0.1, 0.15) is 5.75 Å². The van der Waals surface area contributed by atoms with Crippen LogP contribution in [-0.2, 0) is 0 Å². The molecule has 6 nitrogen and oxygen atoms in total. The summed E-state index contributed by atoms with van der Waals surface area (Å²) in [5.74, 6) is 0.552. The van der Waals surface area contributed by atoms with Gasteiger partial charge in [-0.1, -0.05) is 12.1 Å². The molecule has 2 heterocycles. The standard InChI is InChI=1S/C21H21F2N5OS/c22-20(23)29-18-10-6-16(7-11-18)19-25-26-21(30)28(19)24-14-15-4-8-17(9-5-15)27-12-2-1-3-13-27/h4-11,14,20H,1-3,12-13H2,(H,26,30)/b24-14+. The molecule has 0 radical (unpaired) electrons. The van der Waals surface area contributed by atoms with Crippen LogP contribution in [0.4, 0.5) is 14.5 Å². The number of rotatable bonds is 6. The molecular formula is C21H21F2N5OS. The van der Waals surface area contributed by atoms with Gasteiger partial charge in [-0.15, -0.1) is 0 Å². The molecule has 1 saturated heterocycles. The van der Waals surface area contributed by atoms with Crippen LogP contribution in [0.5, 0.6) is 5.75 Å². The minimum Gasteiger partial charge on any atom is -0.435 e. The number of aromatic nitrogens is 3. The highest BCUT2D eigenvalue weighted by molar-refractivity contribution is 7.71. The lowest BCUT2D eigenvalue weighted by Gasteiger charge is -2.28. The van der Waals surface area contributed by atoms with Crippen molar-refractivity contribution in [2.45, 2.75) is 25.9 Å². The van der Waals surface area contributed by atoms with Crippen molar-refractivity contribution >= 4 is 24.1 Å². The average molecular weight is 429 g/mol. The van der Waals surface area contributed by atoms with E-state index in [0.717, 1.165) is 18.7 Å². The number of ether oxygens (including phenoxy) is 1. The largest absolute Gasteiger partial charge is 0.435 e. The lowest BCUT2D eigenvalue weighted by Crippen LogP contribution is -2.29. The van der Waals surface area contributed by atoms with Crippen molar-refractivity contribution in [2.24, 2.45) is 5.10 Å². The Balaban J connectivity index is 1.51. The highest BCUT2D eigenvalue weighted by atomic mass is 32.1. The number of hydrogen-bond donors (Lipinski definition) is 1. The first-order valence-corrected chi connectivity index (χ1v) is 10.1. The van der Waals surface area contributed by atoms with Crippen molar-refractivity contribution in [1.82, 2.24) is 14.9 Å². The zero-order valence-electron chi connectivity index (χ0n) is 16.2. The van der Waals surface area contributed by atoms with Gasteiger partial charge in [0.25, 0.3) is 0 Å². The van der Waals surface area contributed by atoms with Crippen LogP contribution in [0.3, 0.4) is 0 Å². The Labute approximate surface area is 177 Å². The molecule has 1 aromatic heterocycles. The Bertz CT molecular complexity index is 1050. The van der Waals surface area contributed by atoms with Crippen molar-refractivity contribution in [2.75, 3.05) is 18.0 Å². The van der Waals surface area contributed by atoms with Crippen LogP contribution >= 0.6 is 12.2 Å². The minimum atomic E-state index is -2.86. The van der Waals surface area contributed by atoms with E-state index < -0.39 is 6.61 Å². The second-order valence-corrected chi connectivity index (χ2v) is 7.34. The number of halogens is 2. The number of H-pyrrole nitrogens is 1. The van der Waals surface area contributed by atoms with Crippen LogP contribution in [0.2, 0.25) is 0 Å². The molecule has 1 N–H and O–H groups in total. The molecule has 0 aliphatic carbocycles. The number of piperidine rings is 1. The fourth-order valence-corrected chi connectivity index (χ4v) is 3.60. The maximum atomic E-state index is 12.3. The van der Waals surface area contributed by atoms with Crippen molar-refractivity contribution in [3.8, 4) is 17.1 Å². The number of alkyl halides is 2. The second kappa shape index (κ2) is 9.17. The first-order valence-electron chi connectivity index (χ1n) is 9.72. The summed E-state index contributed by atoms with van der Waals surface area (Å²) < 4.78 is 30.9. The SMILES string of the molecule is FC(F)Oc1ccc(-c2n[nH]c(=S)n2/N=C/c2ccc(N3CCCCC3)cc2)cc1. The third-order valence-electron chi connectivity index (χ3n) is 4.92. The van der Waals surface area contributed by atoms with E-state index in [1.807, 2.05) is 12.1 Å². The maximum Gasteiger partial charge on any atom is 0.387 e. The summed E-state index contributed by atoms with van der Waals surface area (Å²) in [6, 6.07) is 14.4. The third-order valence-corrected chi connectivity index (χ3v) is 5.19. The summed E-state index contributed by atoms with van der Waals surface area (Å²) in [6.45, 7) is -0.666. The van der Waals surface area contributed by atoms with E-state index in [1.54, 1.807) is 18.3 Å². The topological polar surface area (TPSA) is 58.4 Å². The number of aromatic amines is 1. The summed E-state index contributed by atoms with van der Waals surface area (Å²) in [4.78, 5) is 2.40. The predicted octanol–water partition coefficient (Wildman–Crippen LogP) is 5.08. The van der Waals surface area contributed by atoms with E-state index in [9.17, 15) is 8.78 Å². The Morgan fingerprint density at radius 3 is 2.40 bits per heavy atom. The molecule has 9 heteroatoms. The number of anilines is 1. The van der Waals surface area contributed by atoms with Gasteiger partial charge in [-0.2, -0.15) is 23.7 Å². The molecule has 0 atom stereocenters. The Hall–Kier alpha value is -3.07. The lowest BCUT2D eigenvalue weighted by molar-refractivity contribution is -0.0498. The zero-order valence-corrected chi connectivity index (χ0v) is 17.0. The quantitative estimate of drug-likeness (QED) is 0.438. The molecule has 3 aromatic rings. The molecule has 1 aliphatic rings. The van der Waals surface area contributed by atoms with Gasteiger partial charge < -0.3 is 9.64 Å². The van der Waals surface area contributed by atoms with Gasteiger partial charge in [-0.05, 0) is 73.4 Å². The van der Waals surface area contributed by atoms with Gasteiger partial charge in [0, 0.05) is 24.3 Å². The Morgan fingerprint density at radius 2 is 1.73 bits per heavy atom. The summed E-state index contributed by atoms with van der Waals surface area (Å²) >= 11 is 5.28. The predicted molar refractivity (Wildman–Crippen MR) is 115 cm³/mol. The monoisotopic (exact) mass is 429 g/mol. The molecule has 4 rings (SSSR count). The molecule has 2 aromatic carbocycles. The fourth-order valence-electron chi connectivity index (χ4n) is 3.42. The molecule has 1 aliphatic heterocycles. The number of benzene rings is 2. The normalized spacial score (nSPS) is 14.6. The molecular weight excluding hydrogens is 408 g/mol. The van der Waals surface area contributed by atoms with E-state index in [-0.39, 0.29) is 5.75 Å². The maximum absolute atomic E-state index is 12.3. The highest BCUT2D eigenvalue weighted by Crippen LogP contribution is 2.23. The van der Waals surface area contributed by atoms with E-state index >= 15 is 0 Å². The van der Waals surface area contributed by atoms with Crippen molar-refractivity contribution < 1.29 is 13.5 Å². The number of nitrogens with zero attached hydrogens (tertiary/aromatic N) is 4. The van der Waals surface area contributed by atoms with Crippen LogP contribution in [0.1, 0.15) is 24.8 Å². The number of hydrogen-bond acceptors (Lipinski definition) is 5. The van der Waals surface area contributed by atoms with Gasteiger partial charge >= 0.3 is 6.61 Å². The molecule has 0 unspecified atom stereocenters. The Kier molecular flexibility index (Phi) is 6.18. The molecule has 0 bridgehead atoms. The van der Waals surface area contributed by atoms with Crippen molar-refractivity contribution in [1.29, 1.82) is 0 Å². The van der Waals surface area contributed by atoms with Crippen LogP contribution in [-0.4, -0.2) is 40.8 Å². The van der Waals surface area contributed by atoms with Gasteiger partial charge in [-0.25, -0.2) is 5.10 Å². The number of nitrogens with one attached hydrogen (secondary N) is 1. The van der Waals surface area contributed by atoms with Gasteiger partial charge in [0.15, 0.2) is 5.82 Å². The first-order chi connectivity index (χ1) is 14.6. The fraction of sp³-hybridized carbons (Fsp3) is 0.286. The van der Waals surface area contributed by atoms with Crippen LogP contribution in [0.25, 0.3) is 11.4 Å². The van der Waals surface area contributed by atoms with E-state index in [1.165, 1.54) is 41.8 Å². The summed E-state index contributed by atoms with van der Waals surface area (Å²) in [7, 11) is 0. The molecule has 156 valence electrons. The second-order valence-electron chi connectivity index (χ2n) is 6.95. The first kappa shape index (κ1) is 20.2. The van der Waals surface area contributed by atoms with E-state index in [2.05, 4.69) is 37.1 Å². The average Bonchev–Trinajstić information content (AvgIpc) is 3.14. The van der Waals surface area contributed by atoms with Crippen LogP contribution < -0.4 is 9.64 Å². The molecule has 1 fully saturated rings. The van der Waals surface area contributed by atoms with Crippen LogP contribution in [0.15, 0.2) is 53.6 Å². The smallest absolute Gasteiger partial charge is 0.387 e. The zero-order chi connectivity index (χ0) is 20.9. The highest BCUT2D eigenvalue weighted by Gasteiger charge is 2.11. The van der Waals surface area contributed by atoms with E-state index in [0.29, 0.717) is 16.2 Å². The van der Waals surface area contributed by atoms with Crippen molar-refractivity contribution in [3.05, 3.63) is 58.9 Å². The van der Waals surface area contributed by atoms with Crippen LogP contribution in [0, 0.1) is 4.77 Å². The third kappa shape index (κ3) is 4.73. The summed E-state index contributed by atoms with van der Waals surface area (Å²) in [5.41, 5.74) is 2.82. The van der Waals surface area contributed by atoms with Gasteiger partial charge in [0.05, 0.1) is 6.21 Å². The van der Waals surface area contributed by atoms with Gasteiger partial charge in [0.2, 0.25) is 4.77 Å². The van der Waals surface area contributed by atoms with E-state index in [4.69, 9.17) is 12.2 Å².